The first-order chi connectivity index (χ1) is 11.6. The summed E-state index contributed by atoms with van der Waals surface area (Å²) in [5.41, 5.74) is 0.304. The van der Waals surface area contributed by atoms with Crippen LogP contribution >= 0.6 is 0 Å². The van der Waals surface area contributed by atoms with Crippen LogP contribution in [-0.2, 0) is 18.4 Å². The Kier molecular flexibility index (Phi) is 4.50. The highest BCUT2D eigenvalue weighted by Crippen LogP contribution is 2.15. The molecule has 0 aliphatic carbocycles. The summed E-state index contributed by atoms with van der Waals surface area (Å²) in [5.74, 6) is -0.108. The lowest BCUT2D eigenvalue weighted by Crippen LogP contribution is -2.50. The molecule has 1 amide bonds. The molecule has 0 atom stereocenters. The molecule has 1 aliphatic rings. The van der Waals surface area contributed by atoms with Crippen molar-refractivity contribution >= 4 is 11.6 Å². The summed E-state index contributed by atoms with van der Waals surface area (Å²) in [6, 6.07) is 11.4. The molecule has 7 heteroatoms. The number of hydrogen-bond donors (Lipinski definition) is 0. The Hall–Kier alpha value is -2.83. The van der Waals surface area contributed by atoms with E-state index in [2.05, 4.69) is 17.0 Å². The molecule has 0 spiro atoms. The number of nitrogens with zero attached hydrogens (tertiary/aromatic N) is 4. The third-order valence-electron chi connectivity index (χ3n) is 4.32. The van der Waals surface area contributed by atoms with Gasteiger partial charge in [-0.25, -0.2) is 4.79 Å². The number of aromatic nitrogens is 2. The average Bonchev–Trinajstić information content (AvgIpc) is 2.63. The van der Waals surface area contributed by atoms with Gasteiger partial charge in [-0.3, -0.25) is 18.7 Å². The monoisotopic (exact) mass is 328 g/mol. The van der Waals surface area contributed by atoms with Crippen molar-refractivity contribution in [1.82, 2.24) is 14.0 Å². The van der Waals surface area contributed by atoms with Crippen molar-refractivity contribution < 1.29 is 4.79 Å². The van der Waals surface area contributed by atoms with Crippen LogP contribution in [0.1, 0.15) is 0 Å². The fourth-order valence-corrected chi connectivity index (χ4v) is 2.84. The quantitative estimate of drug-likeness (QED) is 0.789. The second kappa shape index (κ2) is 6.74. The predicted molar refractivity (Wildman–Crippen MR) is 91.2 cm³/mol. The van der Waals surface area contributed by atoms with Crippen LogP contribution < -0.4 is 16.1 Å². The minimum absolute atomic E-state index is 0.0434. The van der Waals surface area contributed by atoms with Gasteiger partial charge in [0, 0.05) is 51.2 Å². The van der Waals surface area contributed by atoms with E-state index in [0.29, 0.717) is 13.1 Å². The summed E-state index contributed by atoms with van der Waals surface area (Å²) < 4.78 is 2.27. The molecule has 3 rings (SSSR count). The van der Waals surface area contributed by atoms with Gasteiger partial charge >= 0.3 is 5.69 Å². The van der Waals surface area contributed by atoms with Gasteiger partial charge in [-0.2, -0.15) is 0 Å². The Morgan fingerprint density at radius 1 is 1.00 bits per heavy atom. The maximum absolute atomic E-state index is 12.4. The van der Waals surface area contributed by atoms with Gasteiger partial charge in [0.05, 0.1) is 0 Å². The first kappa shape index (κ1) is 16.0. The number of hydrogen-bond acceptors (Lipinski definition) is 4. The van der Waals surface area contributed by atoms with Gasteiger partial charge in [0.1, 0.15) is 6.54 Å². The fraction of sp³-hybridized carbons (Fsp3) is 0.353. The average molecular weight is 328 g/mol. The fourth-order valence-electron chi connectivity index (χ4n) is 2.84. The summed E-state index contributed by atoms with van der Waals surface area (Å²) in [4.78, 5) is 39.8. The van der Waals surface area contributed by atoms with Crippen LogP contribution in [-0.4, -0.2) is 46.1 Å². The highest BCUT2D eigenvalue weighted by Gasteiger charge is 2.21. The van der Waals surface area contributed by atoms with Crippen molar-refractivity contribution in [2.45, 2.75) is 6.54 Å². The minimum Gasteiger partial charge on any atom is -0.368 e. The van der Waals surface area contributed by atoms with Crippen molar-refractivity contribution in [2.24, 2.45) is 7.05 Å². The largest absolute Gasteiger partial charge is 0.368 e. The topological polar surface area (TPSA) is 67.6 Å². The lowest BCUT2D eigenvalue weighted by Gasteiger charge is -2.36. The van der Waals surface area contributed by atoms with Gasteiger partial charge in [-0.15, -0.1) is 0 Å². The zero-order valence-electron chi connectivity index (χ0n) is 13.6. The molecular weight excluding hydrogens is 308 g/mol. The van der Waals surface area contributed by atoms with Crippen molar-refractivity contribution in [3.8, 4) is 0 Å². The van der Waals surface area contributed by atoms with Crippen molar-refractivity contribution in [1.29, 1.82) is 0 Å². The molecule has 7 nitrogen and oxygen atoms in total. The number of piperazine rings is 1. The second-order valence-electron chi connectivity index (χ2n) is 5.83. The molecule has 0 unspecified atom stereocenters. The smallest absolute Gasteiger partial charge is 0.331 e. The van der Waals surface area contributed by atoms with Gasteiger partial charge in [0.2, 0.25) is 5.91 Å². The number of carbonyl (C=O) groups excluding carboxylic acids is 1. The highest BCUT2D eigenvalue weighted by molar-refractivity contribution is 5.76. The predicted octanol–water partition coefficient (Wildman–Crippen LogP) is -0.104. The number of para-hydroxylation sites is 1. The van der Waals surface area contributed by atoms with Gasteiger partial charge in [-0.1, -0.05) is 18.2 Å². The SMILES string of the molecule is Cn1c(=O)ccn(CC(=O)N2CCN(c3ccccc3)CC2)c1=O. The van der Waals surface area contributed by atoms with E-state index in [1.807, 2.05) is 18.2 Å². The lowest BCUT2D eigenvalue weighted by molar-refractivity contribution is -0.132. The van der Waals surface area contributed by atoms with E-state index in [-0.39, 0.29) is 18.0 Å². The molecule has 0 bridgehead atoms. The Bertz CT molecular complexity index is 833. The van der Waals surface area contributed by atoms with E-state index in [1.165, 1.54) is 23.9 Å². The Balaban J connectivity index is 1.63. The number of anilines is 1. The van der Waals surface area contributed by atoms with Crippen LogP contribution in [0.25, 0.3) is 0 Å². The summed E-state index contributed by atoms with van der Waals surface area (Å²) in [6.07, 6.45) is 1.38. The van der Waals surface area contributed by atoms with Crippen LogP contribution in [0.2, 0.25) is 0 Å². The summed E-state index contributed by atoms with van der Waals surface area (Å²) >= 11 is 0. The molecule has 0 saturated carbocycles. The maximum atomic E-state index is 12.4. The second-order valence-corrected chi connectivity index (χ2v) is 5.83. The van der Waals surface area contributed by atoms with Crippen molar-refractivity contribution in [2.75, 3.05) is 31.1 Å². The van der Waals surface area contributed by atoms with Crippen LogP contribution in [0.4, 0.5) is 5.69 Å². The zero-order chi connectivity index (χ0) is 17.1. The Morgan fingerprint density at radius 3 is 2.33 bits per heavy atom. The third kappa shape index (κ3) is 3.24. The third-order valence-corrected chi connectivity index (χ3v) is 4.32. The molecule has 24 heavy (non-hydrogen) atoms. The van der Waals surface area contributed by atoms with E-state index in [1.54, 1.807) is 4.90 Å². The summed E-state index contributed by atoms with van der Waals surface area (Å²) in [5, 5.41) is 0. The zero-order valence-corrected chi connectivity index (χ0v) is 13.6. The molecule has 1 aromatic carbocycles. The molecule has 1 aliphatic heterocycles. The van der Waals surface area contributed by atoms with Crippen LogP contribution in [0.15, 0.2) is 52.2 Å². The van der Waals surface area contributed by atoms with Crippen molar-refractivity contribution in [3.05, 3.63) is 63.4 Å². The standard InChI is InChI=1S/C17H20N4O3/c1-18-15(22)7-8-21(17(18)24)13-16(23)20-11-9-19(10-12-20)14-5-3-2-4-6-14/h2-8H,9-13H2,1H3. The Labute approximate surface area is 139 Å². The molecule has 0 N–H and O–H groups in total. The number of rotatable bonds is 3. The van der Waals surface area contributed by atoms with Crippen LogP contribution in [0, 0.1) is 0 Å². The van der Waals surface area contributed by atoms with E-state index in [4.69, 9.17) is 0 Å². The van der Waals surface area contributed by atoms with E-state index >= 15 is 0 Å². The van der Waals surface area contributed by atoms with Crippen LogP contribution in [0.5, 0.6) is 0 Å². The lowest BCUT2D eigenvalue weighted by atomic mass is 10.2. The molecule has 2 heterocycles. The number of amides is 1. The highest BCUT2D eigenvalue weighted by atomic mass is 16.2. The van der Waals surface area contributed by atoms with Crippen LogP contribution in [0.3, 0.4) is 0 Å². The first-order valence-electron chi connectivity index (χ1n) is 7.90. The van der Waals surface area contributed by atoms with E-state index in [9.17, 15) is 14.4 Å². The minimum atomic E-state index is -0.473. The van der Waals surface area contributed by atoms with E-state index in [0.717, 1.165) is 23.3 Å². The molecule has 1 saturated heterocycles. The molecular formula is C17H20N4O3. The molecule has 2 aromatic rings. The number of benzene rings is 1. The molecule has 1 aromatic heterocycles. The maximum Gasteiger partial charge on any atom is 0.331 e. The Morgan fingerprint density at radius 2 is 1.67 bits per heavy atom. The summed E-state index contributed by atoms with van der Waals surface area (Å²) in [7, 11) is 1.41. The molecule has 126 valence electrons. The molecule has 1 fully saturated rings. The first-order valence-corrected chi connectivity index (χ1v) is 7.90. The number of carbonyl (C=O) groups is 1. The van der Waals surface area contributed by atoms with Crippen molar-refractivity contribution in [3.63, 3.8) is 0 Å². The van der Waals surface area contributed by atoms with Gasteiger partial charge in [-0.05, 0) is 12.1 Å². The van der Waals surface area contributed by atoms with Gasteiger partial charge < -0.3 is 9.80 Å². The van der Waals surface area contributed by atoms with E-state index < -0.39 is 5.69 Å². The molecule has 0 radical (unpaired) electrons. The summed E-state index contributed by atoms with van der Waals surface area (Å²) in [6.45, 7) is 2.72. The van der Waals surface area contributed by atoms with Gasteiger partial charge in [0.25, 0.3) is 5.56 Å². The van der Waals surface area contributed by atoms with Gasteiger partial charge in [0.15, 0.2) is 0 Å². The normalized spacial score (nSPS) is 14.7.